The van der Waals surface area contributed by atoms with E-state index >= 15 is 0 Å². The average molecular weight is 242 g/mol. The van der Waals surface area contributed by atoms with Gasteiger partial charge in [0.1, 0.15) is 5.75 Å². The molecule has 1 rings (SSSR count). The Morgan fingerprint density at radius 1 is 1.12 bits per heavy atom. The SMILES string of the molecule is COc1c(C)c(C)c(Cl)c(C)c1CCCN. The van der Waals surface area contributed by atoms with Crippen molar-refractivity contribution in [2.24, 2.45) is 5.73 Å². The Morgan fingerprint density at radius 3 is 2.25 bits per heavy atom. The van der Waals surface area contributed by atoms with Gasteiger partial charge >= 0.3 is 0 Å². The predicted molar refractivity (Wildman–Crippen MR) is 69.6 cm³/mol. The zero-order chi connectivity index (χ0) is 12.3. The molecule has 16 heavy (non-hydrogen) atoms. The molecule has 0 aromatic heterocycles. The zero-order valence-corrected chi connectivity index (χ0v) is 11.2. The van der Waals surface area contributed by atoms with Crippen LogP contribution in [0.5, 0.6) is 5.75 Å². The standard InChI is InChI=1S/C13H20ClNO/c1-8-9(2)13(16-4)11(6-5-7-15)10(3)12(8)14/h5-7,15H2,1-4H3. The molecule has 1 aromatic carbocycles. The number of rotatable bonds is 4. The first kappa shape index (κ1) is 13.3. The highest BCUT2D eigenvalue weighted by Crippen LogP contribution is 2.36. The first-order valence-electron chi connectivity index (χ1n) is 5.56. The van der Waals surface area contributed by atoms with Gasteiger partial charge in [0, 0.05) is 5.02 Å². The molecule has 0 aliphatic heterocycles. The number of benzene rings is 1. The van der Waals surface area contributed by atoms with E-state index in [1.807, 2.05) is 20.8 Å². The van der Waals surface area contributed by atoms with Crippen molar-refractivity contribution in [1.29, 1.82) is 0 Å². The van der Waals surface area contributed by atoms with Crippen LogP contribution in [0.4, 0.5) is 0 Å². The third kappa shape index (κ3) is 2.33. The smallest absolute Gasteiger partial charge is 0.125 e. The number of methoxy groups -OCH3 is 1. The molecule has 0 bridgehead atoms. The van der Waals surface area contributed by atoms with E-state index in [0.717, 1.165) is 40.3 Å². The van der Waals surface area contributed by atoms with Crippen LogP contribution in [-0.4, -0.2) is 13.7 Å². The second-order valence-corrected chi connectivity index (χ2v) is 4.47. The van der Waals surface area contributed by atoms with Gasteiger partial charge in [-0.05, 0) is 62.4 Å². The molecule has 0 aliphatic rings. The van der Waals surface area contributed by atoms with Gasteiger partial charge < -0.3 is 10.5 Å². The predicted octanol–water partition coefficient (Wildman–Crippen LogP) is 3.17. The van der Waals surface area contributed by atoms with E-state index in [4.69, 9.17) is 22.1 Å². The van der Waals surface area contributed by atoms with Crippen LogP contribution in [0.3, 0.4) is 0 Å². The summed E-state index contributed by atoms with van der Waals surface area (Å²) < 4.78 is 5.49. The third-order valence-electron chi connectivity index (χ3n) is 3.12. The van der Waals surface area contributed by atoms with Gasteiger partial charge in [-0.2, -0.15) is 0 Å². The Labute approximate surface area is 103 Å². The minimum absolute atomic E-state index is 0.688. The van der Waals surface area contributed by atoms with Gasteiger partial charge in [0.15, 0.2) is 0 Å². The molecular weight excluding hydrogens is 222 g/mol. The minimum atomic E-state index is 0.688. The van der Waals surface area contributed by atoms with Crippen LogP contribution >= 0.6 is 11.6 Å². The van der Waals surface area contributed by atoms with Crippen molar-refractivity contribution in [1.82, 2.24) is 0 Å². The molecule has 0 radical (unpaired) electrons. The van der Waals surface area contributed by atoms with E-state index in [0.29, 0.717) is 6.54 Å². The van der Waals surface area contributed by atoms with Crippen molar-refractivity contribution in [2.45, 2.75) is 33.6 Å². The van der Waals surface area contributed by atoms with Gasteiger partial charge in [0.2, 0.25) is 0 Å². The van der Waals surface area contributed by atoms with Gasteiger partial charge in [-0.25, -0.2) is 0 Å². The summed E-state index contributed by atoms with van der Waals surface area (Å²) in [6.07, 6.45) is 1.88. The molecule has 0 saturated heterocycles. The van der Waals surface area contributed by atoms with E-state index in [1.54, 1.807) is 7.11 Å². The zero-order valence-electron chi connectivity index (χ0n) is 10.5. The molecule has 3 heteroatoms. The molecule has 0 saturated carbocycles. The fourth-order valence-electron chi connectivity index (χ4n) is 2.00. The summed E-state index contributed by atoms with van der Waals surface area (Å²) >= 11 is 6.31. The minimum Gasteiger partial charge on any atom is -0.496 e. The topological polar surface area (TPSA) is 35.2 Å². The molecule has 2 nitrogen and oxygen atoms in total. The fraction of sp³-hybridized carbons (Fsp3) is 0.538. The van der Waals surface area contributed by atoms with Crippen molar-refractivity contribution in [2.75, 3.05) is 13.7 Å². The summed E-state index contributed by atoms with van der Waals surface area (Å²) in [4.78, 5) is 0. The first-order chi connectivity index (χ1) is 7.54. The van der Waals surface area contributed by atoms with Crippen LogP contribution in [0, 0.1) is 20.8 Å². The lowest BCUT2D eigenvalue weighted by Gasteiger charge is -2.18. The van der Waals surface area contributed by atoms with Gasteiger partial charge in [0.05, 0.1) is 7.11 Å². The summed E-state index contributed by atoms with van der Waals surface area (Å²) in [5.41, 5.74) is 10.1. The molecule has 0 aliphatic carbocycles. The molecular formula is C13H20ClNO. The molecule has 0 spiro atoms. The van der Waals surface area contributed by atoms with E-state index in [-0.39, 0.29) is 0 Å². The van der Waals surface area contributed by atoms with Crippen molar-refractivity contribution < 1.29 is 4.74 Å². The van der Waals surface area contributed by atoms with E-state index in [9.17, 15) is 0 Å². The Balaban J connectivity index is 3.33. The lowest BCUT2D eigenvalue weighted by molar-refractivity contribution is 0.405. The van der Waals surface area contributed by atoms with Crippen LogP contribution in [0.1, 0.15) is 28.7 Å². The van der Waals surface area contributed by atoms with Crippen LogP contribution in [0.2, 0.25) is 5.02 Å². The highest BCUT2D eigenvalue weighted by molar-refractivity contribution is 6.32. The second kappa shape index (κ2) is 5.55. The Bertz CT molecular complexity index is 388. The summed E-state index contributed by atoms with van der Waals surface area (Å²) in [7, 11) is 1.71. The second-order valence-electron chi connectivity index (χ2n) is 4.09. The lowest BCUT2D eigenvalue weighted by Crippen LogP contribution is -2.05. The van der Waals surface area contributed by atoms with Gasteiger partial charge in [-0.15, -0.1) is 0 Å². The van der Waals surface area contributed by atoms with E-state index < -0.39 is 0 Å². The molecule has 0 fully saturated rings. The molecule has 0 atom stereocenters. The lowest BCUT2D eigenvalue weighted by atomic mass is 9.96. The normalized spacial score (nSPS) is 10.6. The average Bonchev–Trinajstić information content (AvgIpc) is 2.29. The van der Waals surface area contributed by atoms with Crippen LogP contribution in [0.15, 0.2) is 0 Å². The number of hydrogen-bond acceptors (Lipinski definition) is 2. The highest BCUT2D eigenvalue weighted by Gasteiger charge is 2.16. The summed E-state index contributed by atoms with van der Waals surface area (Å²) in [5, 5.41) is 0.852. The summed E-state index contributed by atoms with van der Waals surface area (Å²) in [5.74, 6) is 0.966. The van der Waals surface area contributed by atoms with Crippen LogP contribution in [-0.2, 0) is 6.42 Å². The Hall–Kier alpha value is -0.730. The van der Waals surface area contributed by atoms with Crippen molar-refractivity contribution in [3.05, 3.63) is 27.3 Å². The van der Waals surface area contributed by atoms with E-state index in [1.165, 1.54) is 5.56 Å². The highest BCUT2D eigenvalue weighted by atomic mass is 35.5. The number of nitrogens with two attached hydrogens (primary N) is 1. The maximum Gasteiger partial charge on any atom is 0.125 e. The van der Waals surface area contributed by atoms with Crippen molar-refractivity contribution in [3.8, 4) is 5.75 Å². The fourth-order valence-corrected chi connectivity index (χ4v) is 2.26. The van der Waals surface area contributed by atoms with Crippen molar-refractivity contribution in [3.63, 3.8) is 0 Å². The van der Waals surface area contributed by atoms with Gasteiger partial charge in [0.25, 0.3) is 0 Å². The Kier molecular flexibility index (Phi) is 4.63. The Morgan fingerprint density at radius 2 is 1.75 bits per heavy atom. The number of halogens is 1. The van der Waals surface area contributed by atoms with Gasteiger partial charge in [-0.1, -0.05) is 11.6 Å². The summed E-state index contributed by atoms with van der Waals surface area (Å²) in [6.45, 7) is 6.81. The van der Waals surface area contributed by atoms with Gasteiger partial charge in [-0.3, -0.25) is 0 Å². The van der Waals surface area contributed by atoms with E-state index in [2.05, 4.69) is 0 Å². The molecule has 0 unspecified atom stereocenters. The third-order valence-corrected chi connectivity index (χ3v) is 3.69. The van der Waals surface area contributed by atoms with Crippen LogP contribution in [0.25, 0.3) is 0 Å². The maximum atomic E-state index is 6.31. The van der Waals surface area contributed by atoms with Crippen molar-refractivity contribution >= 4 is 11.6 Å². The monoisotopic (exact) mass is 241 g/mol. The summed E-state index contributed by atoms with van der Waals surface area (Å²) in [6, 6.07) is 0. The number of ether oxygens (including phenoxy) is 1. The maximum absolute atomic E-state index is 6.31. The van der Waals surface area contributed by atoms with Crippen LogP contribution < -0.4 is 10.5 Å². The molecule has 0 heterocycles. The molecule has 1 aromatic rings. The molecule has 0 amide bonds. The first-order valence-corrected chi connectivity index (χ1v) is 5.94. The molecule has 90 valence electrons. The molecule has 2 N–H and O–H groups in total. The quantitative estimate of drug-likeness (QED) is 0.879. The number of hydrogen-bond donors (Lipinski definition) is 1. The largest absolute Gasteiger partial charge is 0.496 e.